The number of carbonyl (C=O) groups excluding carboxylic acids is 2. The summed E-state index contributed by atoms with van der Waals surface area (Å²) in [7, 11) is 0. The molecular weight excluding hydrogens is 411 g/mol. The zero-order valence-electron chi connectivity index (χ0n) is 17.0. The molecular formula is C25H23FN2O2S. The third kappa shape index (κ3) is 5.14. The van der Waals surface area contributed by atoms with Gasteiger partial charge in [0.1, 0.15) is 11.1 Å². The highest BCUT2D eigenvalue weighted by Gasteiger charge is 2.31. The molecule has 1 atom stereocenters. The molecule has 0 spiro atoms. The Morgan fingerprint density at radius 1 is 0.774 bits per heavy atom. The van der Waals surface area contributed by atoms with Gasteiger partial charge in [-0.3, -0.25) is 9.59 Å². The summed E-state index contributed by atoms with van der Waals surface area (Å²) in [5.41, 5.74) is 1.29. The first-order valence-electron chi connectivity index (χ1n) is 10.2. The van der Waals surface area contributed by atoms with E-state index in [1.54, 1.807) is 11.0 Å². The topological polar surface area (TPSA) is 40.6 Å². The molecule has 1 aliphatic heterocycles. The van der Waals surface area contributed by atoms with E-state index in [0.717, 1.165) is 10.5 Å². The molecule has 0 N–H and O–H groups in total. The number of hydrogen-bond acceptors (Lipinski definition) is 3. The molecule has 158 valence electrons. The summed E-state index contributed by atoms with van der Waals surface area (Å²) in [6.45, 7) is 1.77. The Bertz CT molecular complexity index is 1040. The monoisotopic (exact) mass is 434 g/mol. The fraction of sp³-hybridized carbons (Fsp3) is 0.200. The largest absolute Gasteiger partial charge is 0.338 e. The number of amides is 2. The van der Waals surface area contributed by atoms with Gasteiger partial charge in [0, 0.05) is 36.6 Å². The predicted octanol–water partition coefficient (Wildman–Crippen LogP) is 4.64. The van der Waals surface area contributed by atoms with E-state index in [2.05, 4.69) is 0 Å². The van der Waals surface area contributed by atoms with E-state index in [9.17, 15) is 14.0 Å². The average molecular weight is 435 g/mol. The van der Waals surface area contributed by atoms with Gasteiger partial charge >= 0.3 is 0 Å². The molecule has 1 saturated heterocycles. The molecule has 0 radical (unpaired) electrons. The Kier molecular flexibility index (Phi) is 6.67. The lowest BCUT2D eigenvalue weighted by Gasteiger charge is -2.36. The van der Waals surface area contributed by atoms with Crippen LogP contribution in [0, 0.1) is 5.82 Å². The number of carbonyl (C=O) groups is 2. The lowest BCUT2D eigenvalue weighted by Crippen LogP contribution is -2.51. The zero-order chi connectivity index (χ0) is 21.6. The van der Waals surface area contributed by atoms with Crippen LogP contribution in [-0.4, -0.2) is 47.8 Å². The van der Waals surface area contributed by atoms with Gasteiger partial charge in [-0.1, -0.05) is 54.6 Å². The fourth-order valence-corrected chi connectivity index (χ4v) is 4.75. The predicted molar refractivity (Wildman–Crippen MR) is 120 cm³/mol. The number of thioether (sulfide) groups is 1. The van der Waals surface area contributed by atoms with E-state index < -0.39 is 5.82 Å². The summed E-state index contributed by atoms with van der Waals surface area (Å²) in [5, 5.41) is -0.353. The minimum absolute atomic E-state index is 0.0397. The Balaban J connectivity index is 1.45. The van der Waals surface area contributed by atoms with Crippen molar-refractivity contribution in [2.45, 2.75) is 10.1 Å². The van der Waals surface area contributed by atoms with Crippen molar-refractivity contribution in [3.05, 3.63) is 102 Å². The van der Waals surface area contributed by atoms with E-state index in [4.69, 9.17) is 0 Å². The van der Waals surface area contributed by atoms with Crippen molar-refractivity contribution in [2.75, 3.05) is 26.2 Å². The number of piperazine rings is 1. The molecule has 6 heteroatoms. The molecule has 0 aliphatic carbocycles. The van der Waals surface area contributed by atoms with Crippen LogP contribution in [0.5, 0.6) is 0 Å². The number of benzene rings is 3. The van der Waals surface area contributed by atoms with Crippen LogP contribution in [0.4, 0.5) is 4.39 Å². The van der Waals surface area contributed by atoms with Crippen LogP contribution in [0.25, 0.3) is 0 Å². The standard InChI is InChI=1S/C25H23FN2O2S/c26-21-11-7-10-20(18-21)24(29)27-14-16-28(17-15-27)25(30)23(19-8-3-1-4-9-19)31-22-12-5-2-6-13-22/h1-13,18,23H,14-17H2. The van der Waals surface area contributed by atoms with Crippen molar-refractivity contribution in [2.24, 2.45) is 0 Å². The van der Waals surface area contributed by atoms with Gasteiger partial charge in [0.2, 0.25) is 5.91 Å². The van der Waals surface area contributed by atoms with Crippen LogP contribution < -0.4 is 0 Å². The van der Waals surface area contributed by atoms with Crippen molar-refractivity contribution in [3.63, 3.8) is 0 Å². The lowest BCUT2D eigenvalue weighted by atomic mass is 10.1. The minimum atomic E-state index is -0.427. The van der Waals surface area contributed by atoms with Crippen LogP contribution in [0.15, 0.2) is 89.8 Å². The van der Waals surface area contributed by atoms with Gasteiger partial charge < -0.3 is 9.80 Å². The normalized spacial score (nSPS) is 14.9. The number of nitrogens with zero attached hydrogens (tertiary/aromatic N) is 2. The maximum Gasteiger partial charge on any atom is 0.254 e. The van der Waals surface area contributed by atoms with E-state index >= 15 is 0 Å². The van der Waals surface area contributed by atoms with E-state index in [1.807, 2.05) is 65.6 Å². The molecule has 0 aromatic heterocycles. The first-order valence-corrected chi connectivity index (χ1v) is 11.1. The molecule has 0 saturated carbocycles. The number of rotatable bonds is 5. The first kappa shape index (κ1) is 21.1. The molecule has 0 bridgehead atoms. The van der Waals surface area contributed by atoms with Gasteiger partial charge in [0.05, 0.1) is 0 Å². The average Bonchev–Trinajstić information content (AvgIpc) is 2.83. The fourth-order valence-electron chi connectivity index (χ4n) is 3.62. The molecule has 3 aromatic rings. The minimum Gasteiger partial charge on any atom is -0.338 e. The van der Waals surface area contributed by atoms with Gasteiger partial charge in [-0.2, -0.15) is 0 Å². The summed E-state index contributed by atoms with van der Waals surface area (Å²) in [6, 6.07) is 25.4. The van der Waals surface area contributed by atoms with Crippen molar-refractivity contribution in [1.82, 2.24) is 9.80 Å². The van der Waals surface area contributed by atoms with Gasteiger partial charge in [0.25, 0.3) is 5.91 Å². The van der Waals surface area contributed by atoms with E-state index in [-0.39, 0.29) is 17.1 Å². The smallest absolute Gasteiger partial charge is 0.254 e. The van der Waals surface area contributed by atoms with E-state index in [1.165, 1.54) is 30.0 Å². The summed E-state index contributed by atoms with van der Waals surface area (Å²) in [4.78, 5) is 30.7. The Hall–Kier alpha value is -3.12. The van der Waals surface area contributed by atoms with Gasteiger partial charge in [0.15, 0.2) is 0 Å². The lowest BCUT2D eigenvalue weighted by molar-refractivity contribution is -0.132. The highest BCUT2D eigenvalue weighted by Crippen LogP contribution is 2.36. The van der Waals surface area contributed by atoms with Crippen LogP contribution in [-0.2, 0) is 4.79 Å². The van der Waals surface area contributed by atoms with E-state index in [0.29, 0.717) is 31.7 Å². The molecule has 1 fully saturated rings. The Labute approximate surface area is 185 Å². The molecule has 1 heterocycles. The van der Waals surface area contributed by atoms with Crippen LogP contribution in [0.1, 0.15) is 21.2 Å². The molecule has 1 unspecified atom stereocenters. The summed E-state index contributed by atoms with van der Waals surface area (Å²) >= 11 is 1.54. The highest BCUT2D eigenvalue weighted by atomic mass is 32.2. The maximum absolute atomic E-state index is 13.5. The molecule has 31 heavy (non-hydrogen) atoms. The second kappa shape index (κ2) is 9.79. The second-order valence-corrected chi connectivity index (χ2v) is 8.53. The molecule has 4 rings (SSSR count). The summed E-state index contributed by atoms with van der Waals surface area (Å²) < 4.78 is 13.5. The summed E-state index contributed by atoms with van der Waals surface area (Å²) in [5.74, 6) is -0.592. The van der Waals surface area contributed by atoms with Crippen LogP contribution in [0.2, 0.25) is 0 Å². The Morgan fingerprint density at radius 2 is 1.39 bits per heavy atom. The zero-order valence-corrected chi connectivity index (χ0v) is 17.8. The van der Waals surface area contributed by atoms with Crippen molar-refractivity contribution >= 4 is 23.6 Å². The molecule has 4 nitrogen and oxygen atoms in total. The molecule has 2 amide bonds. The first-order chi connectivity index (χ1) is 15.1. The third-order valence-corrected chi connectivity index (χ3v) is 6.53. The van der Waals surface area contributed by atoms with Crippen molar-refractivity contribution < 1.29 is 14.0 Å². The maximum atomic E-state index is 13.5. The van der Waals surface area contributed by atoms with Crippen LogP contribution in [0.3, 0.4) is 0 Å². The van der Waals surface area contributed by atoms with Gasteiger partial charge in [-0.05, 0) is 35.9 Å². The molecule has 1 aliphatic rings. The third-order valence-electron chi connectivity index (χ3n) is 5.27. The Morgan fingerprint density at radius 3 is 2.03 bits per heavy atom. The number of hydrogen-bond donors (Lipinski definition) is 0. The quantitative estimate of drug-likeness (QED) is 0.549. The van der Waals surface area contributed by atoms with Crippen molar-refractivity contribution in [1.29, 1.82) is 0 Å². The number of halogens is 1. The van der Waals surface area contributed by atoms with Gasteiger partial charge in [-0.15, -0.1) is 11.8 Å². The SMILES string of the molecule is O=C(c1cccc(F)c1)N1CCN(C(=O)C(Sc2ccccc2)c2ccccc2)CC1. The van der Waals surface area contributed by atoms with Crippen molar-refractivity contribution in [3.8, 4) is 0 Å². The van der Waals surface area contributed by atoms with Gasteiger partial charge in [-0.25, -0.2) is 4.39 Å². The molecule has 3 aromatic carbocycles. The summed E-state index contributed by atoms with van der Waals surface area (Å²) in [6.07, 6.45) is 0. The highest BCUT2D eigenvalue weighted by molar-refractivity contribution is 8.00. The second-order valence-electron chi connectivity index (χ2n) is 7.35. The van der Waals surface area contributed by atoms with Crippen LogP contribution >= 0.6 is 11.8 Å².